The summed E-state index contributed by atoms with van der Waals surface area (Å²) in [5.74, 6) is 1.04. The fourth-order valence-corrected chi connectivity index (χ4v) is 3.65. The molecule has 0 unspecified atom stereocenters. The molecule has 1 fully saturated rings. The number of nitrogens with zero attached hydrogens (tertiary/aromatic N) is 1. The molecular weight excluding hydrogens is 302 g/mol. The highest BCUT2D eigenvalue weighted by molar-refractivity contribution is 5.94. The largest absolute Gasteiger partial charge is 0.342 e. The summed E-state index contributed by atoms with van der Waals surface area (Å²) in [6, 6.07) is 5.97. The molecule has 2 heterocycles. The predicted molar refractivity (Wildman–Crippen MR) is 94.9 cm³/mol. The molecule has 0 spiro atoms. The van der Waals surface area contributed by atoms with Crippen LogP contribution < -0.4 is 10.6 Å². The van der Waals surface area contributed by atoms with E-state index in [9.17, 15) is 9.59 Å². The van der Waals surface area contributed by atoms with Gasteiger partial charge in [0.2, 0.25) is 11.8 Å². The molecule has 130 valence electrons. The fourth-order valence-electron chi connectivity index (χ4n) is 3.65. The fraction of sp³-hybridized carbons (Fsp3) is 0.579. The summed E-state index contributed by atoms with van der Waals surface area (Å²) in [6.07, 6.45) is 5.19. The zero-order valence-corrected chi connectivity index (χ0v) is 14.4. The highest BCUT2D eigenvalue weighted by atomic mass is 16.2. The van der Waals surface area contributed by atoms with Crippen LogP contribution in [-0.2, 0) is 22.4 Å². The van der Waals surface area contributed by atoms with Crippen molar-refractivity contribution in [3.05, 3.63) is 29.3 Å². The van der Waals surface area contributed by atoms with Crippen LogP contribution >= 0.6 is 0 Å². The Balaban J connectivity index is 1.53. The van der Waals surface area contributed by atoms with Gasteiger partial charge in [-0.3, -0.25) is 9.59 Å². The molecule has 0 radical (unpaired) electrons. The summed E-state index contributed by atoms with van der Waals surface area (Å²) in [6.45, 7) is 2.83. The summed E-state index contributed by atoms with van der Waals surface area (Å²) in [7, 11) is 1.99. The summed E-state index contributed by atoms with van der Waals surface area (Å²) in [5, 5.41) is 6.09. The quantitative estimate of drug-likeness (QED) is 0.868. The van der Waals surface area contributed by atoms with E-state index < -0.39 is 0 Å². The second-order valence-corrected chi connectivity index (χ2v) is 6.93. The third kappa shape index (κ3) is 4.15. The minimum Gasteiger partial charge on any atom is -0.342 e. The van der Waals surface area contributed by atoms with Gasteiger partial charge in [-0.15, -0.1) is 0 Å². The van der Waals surface area contributed by atoms with Crippen molar-refractivity contribution in [3.8, 4) is 0 Å². The van der Waals surface area contributed by atoms with Crippen molar-refractivity contribution in [2.24, 2.45) is 5.92 Å². The van der Waals surface area contributed by atoms with Crippen LogP contribution in [0.25, 0.3) is 0 Å². The lowest BCUT2D eigenvalue weighted by molar-refractivity contribution is -0.131. The molecule has 2 N–H and O–H groups in total. The van der Waals surface area contributed by atoms with Gasteiger partial charge in [-0.1, -0.05) is 12.1 Å². The number of hydrogen-bond acceptors (Lipinski definition) is 3. The molecule has 24 heavy (non-hydrogen) atoms. The minimum atomic E-state index is 0.0764. The molecule has 2 aliphatic rings. The smallest absolute Gasteiger partial charge is 0.226 e. The van der Waals surface area contributed by atoms with Crippen LogP contribution in [0.4, 0.5) is 5.69 Å². The summed E-state index contributed by atoms with van der Waals surface area (Å²) >= 11 is 0. The Morgan fingerprint density at radius 2 is 2.08 bits per heavy atom. The second-order valence-electron chi connectivity index (χ2n) is 6.93. The Kier molecular flexibility index (Phi) is 5.51. The van der Waals surface area contributed by atoms with Gasteiger partial charge < -0.3 is 15.5 Å². The number of hydrogen-bond donors (Lipinski definition) is 2. The molecule has 2 aliphatic heterocycles. The number of piperidine rings is 1. The van der Waals surface area contributed by atoms with Crippen molar-refractivity contribution in [1.82, 2.24) is 10.2 Å². The number of amides is 2. The Morgan fingerprint density at radius 3 is 2.83 bits per heavy atom. The van der Waals surface area contributed by atoms with E-state index in [0.717, 1.165) is 61.6 Å². The van der Waals surface area contributed by atoms with Crippen LogP contribution in [-0.4, -0.2) is 43.4 Å². The van der Waals surface area contributed by atoms with Crippen LogP contribution in [0.15, 0.2) is 18.2 Å². The van der Waals surface area contributed by atoms with Crippen molar-refractivity contribution in [2.45, 2.75) is 38.5 Å². The molecule has 2 amide bonds. The minimum absolute atomic E-state index is 0.0764. The lowest BCUT2D eigenvalue weighted by Crippen LogP contribution is -2.39. The molecule has 0 aliphatic carbocycles. The van der Waals surface area contributed by atoms with Gasteiger partial charge in [0.25, 0.3) is 0 Å². The maximum Gasteiger partial charge on any atom is 0.226 e. The van der Waals surface area contributed by atoms with Gasteiger partial charge in [0.15, 0.2) is 0 Å². The molecule has 0 atom stereocenters. The molecule has 0 bridgehead atoms. The first-order valence-corrected chi connectivity index (χ1v) is 8.99. The first-order valence-electron chi connectivity index (χ1n) is 8.99. The van der Waals surface area contributed by atoms with Crippen LogP contribution in [0.1, 0.15) is 36.8 Å². The molecular formula is C19H27N3O2. The maximum atomic E-state index is 12.6. The Morgan fingerprint density at radius 1 is 1.29 bits per heavy atom. The van der Waals surface area contributed by atoms with E-state index in [0.29, 0.717) is 12.8 Å². The Hall–Kier alpha value is -1.88. The van der Waals surface area contributed by atoms with Crippen molar-refractivity contribution >= 4 is 17.5 Å². The molecule has 1 aromatic rings. The number of aryl methyl sites for hydroxylation is 1. The first kappa shape index (κ1) is 17.0. The normalized spacial score (nSPS) is 18.2. The van der Waals surface area contributed by atoms with Crippen molar-refractivity contribution in [1.29, 1.82) is 0 Å². The zero-order valence-electron chi connectivity index (χ0n) is 14.4. The van der Waals surface area contributed by atoms with Gasteiger partial charge >= 0.3 is 0 Å². The monoisotopic (exact) mass is 329 g/mol. The SMILES string of the molecule is CNCCC1CCN(C(=O)Cc2ccc3c(c2)CCC(=O)N3)CC1. The van der Waals surface area contributed by atoms with Gasteiger partial charge in [0, 0.05) is 25.2 Å². The van der Waals surface area contributed by atoms with Crippen molar-refractivity contribution in [2.75, 3.05) is 32.0 Å². The van der Waals surface area contributed by atoms with Crippen LogP contribution in [0, 0.1) is 5.92 Å². The van der Waals surface area contributed by atoms with Crippen molar-refractivity contribution in [3.63, 3.8) is 0 Å². The summed E-state index contributed by atoms with van der Waals surface area (Å²) in [5.41, 5.74) is 3.09. The van der Waals surface area contributed by atoms with Gasteiger partial charge in [0.1, 0.15) is 0 Å². The molecule has 1 saturated heterocycles. The number of likely N-dealkylation sites (tertiary alicyclic amines) is 1. The standard InChI is InChI=1S/C19H27N3O2/c1-20-9-6-14-7-10-22(11-8-14)19(24)13-15-2-4-17-16(12-15)3-5-18(23)21-17/h2,4,12,14,20H,3,5-11,13H2,1H3,(H,21,23). The number of fused-ring (bicyclic) bond motifs is 1. The highest BCUT2D eigenvalue weighted by Gasteiger charge is 2.23. The number of carbonyl (C=O) groups is 2. The molecule has 5 heteroatoms. The first-order chi connectivity index (χ1) is 11.7. The van der Waals surface area contributed by atoms with Gasteiger partial charge in [-0.2, -0.15) is 0 Å². The third-order valence-corrected chi connectivity index (χ3v) is 5.19. The lowest BCUT2D eigenvalue weighted by Gasteiger charge is -2.32. The Bertz CT molecular complexity index is 607. The van der Waals surface area contributed by atoms with E-state index >= 15 is 0 Å². The van der Waals surface area contributed by atoms with Gasteiger partial charge in [-0.25, -0.2) is 0 Å². The average Bonchev–Trinajstić information content (AvgIpc) is 2.60. The van der Waals surface area contributed by atoms with Crippen LogP contribution in [0.2, 0.25) is 0 Å². The number of carbonyl (C=O) groups excluding carboxylic acids is 2. The van der Waals surface area contributed by atoms with Gasteiger partial charge in [0.05, 0.1) is 6.42 Å². The van der Waals surface area contributed by atoms with Gasteiger partial charge in [-0.05, 0) is 62.4 Å². The van der Waals surface area contributed by atoms with E-state index in [1.165, 1.54) is 6.42 Å². The van der Waals surface area contributed by atoms with Crippen LogP contribution in [0.5, 0.6) is 0 Å². The van der Waals surface area contributed by atoms with E-state index in [2.05, 4.69) is 16.7 Å². The third-order valence-electron chi connectivity index (χ3n) is 5.19. The summed E-state index contributed by atoms with van der Waals surface area (Å²) < 4.78 is 0. The maximum absolute atomic E-state index is 12.6. The topological polar surface area (TPSA) is 61.4 Å². The van der Waals surface area contributed by atoms with Crippen LogP contribution in [0.3, 0.4) is 0 Å². The lowest BCUT2D eigenvalue weighted by atomic mass is 9.93. The Labute approximate surface area is 143 Å². The molecule has 1 aromatic carbocycles. The zero-order chi connectivity index (χ0) is 16.9. The van der Waals surface area contributed by atoms with E-state index in [-0.39, 0.29) is 11.8 Å². The number of nitrogens with one attached hydrogen (secondary N) is 2. The van der Waals surface area contributed by atoms with E-state index in [4.69, 9.17) is 0 Å². The molecule has 3 rings (SSSR count). The second kappa shape index (κ2) is 7.79. The number of benzene rings is 1. The van der Waals surface area contributed by atoms with Crippen molar-refractivity contribution < 1.29 is 9.59 Å². The predicted octanol–water partition coefficient (Wildman–Crippen LogP) is 1.96. The number of rotatable bonds is 5. The number of anilines is 1. The average molecular weight is 329 g/mol. The molecule has 0 saturated carbocycles. The van der Waals surface area contributed by atoms with E-state index in [1.807, 2.05) is 24.1 Å². The molecule has 0 aromatic heterocycles. The molecule has 5 nitrogen and oxygen atoms in total. The highest BCUT2D eigenvalue weighted by Crippen LogP contribution is 2.25. The van der Waals surface area contributed by atoms with E-state index in [1.54, 1.807) is 0 Å². The summed E-state index contributed by atoms with van der Waals surface area (Å²) in [4.78, 5) is 26.0.